The predicted molar refractivity (Wildman–Crippen MR) is 78.8 cm³/mol. The molecule has 0 aliphatic heterocycles. The van der Waals surface area contributed by atoms with Crippen LogP contribution < -0.4 is 10.1 Å². The van der Waals surface area contributed by atoms with E-state index in [1.807, 2.05) is 32.0 Å². The quantitative estimate of drug-likeness (QED) is 0.849. The first-order valence-electron chi connectivity index (χ1n) is 6.95. The number of ether oxygens (including phenoxy) is 1. The number of carbonyl (C=O) groups excluding carboxylic acids is 1. The van der Waals surface area contributed by atoms with Crippen LogP contribution in [0, 0.1) is 6.92 Å². The van der Waals surface area contributed by atoms with Crippen molar-refractivity contribution in [3.05, 3.63) is 29.3 Å². The van der Waals surface area contributed by atoms with Gasteiger partial charge in [0.15, 0.2) is 0 Å². The Balaban J connectivity index is 2.80. The van der Waals surface area contributed by atoms with Gasteiger partial charge in [-0.1, -0.05) is 13.3 Å². The van der Waals surface area contributed by atoms with E-state index in [9.17, 15) is 4.79 Å². The van der Waals surface area contributed by atoms with E-state index in [2.05, 4.69) is 26.1 Å². The molecule has 3 nitrogen and oxygen atoms in total. The number of nitrogens with one attached hydrogen (secondary N) is 1. The van der Waals surface area contributed by atoms with Gasteiger partial charge in [0.25, 0.3) is 5.91 Å². The van der Waals surface area contributed by atoms with Crippen LogP contribution in [0.15, 0.2) is 18.2 Å². The maximum atomic E-state index is 12.2. The summed E-state index contributed by atoms with van der Waals surface area (Å²) in [4.78, 5) is 12.2. The van der Waals surface area contributed by atoms with Gasteiger partial charge in [0, 0.05) is 11.1 Å². The molecular formula is C16H25NO2. The minimum atomic E-state index is -0.168. The lowest BCUT2D eigenvalue weighted by Gasteiger charge is -2.26. The lowest BCUT2D eigenvalue weighted by molar-refractivity contribution is 0.0909. The molecule has 0 saturated carbocycles. The molecule has 0 radical (unpaired) electrons. The Morgan fingerprint density at radius 2 is 2.00 bits per heavy atom. The summed E-state index contributed by atoms with van der Waals surface area (Å²) in [5.74, 6) is 0.816. The molecule has 19 heavy (non-hydrogen) atoms. The summed E-state index contributed by atoms with van der Waals surface area (Å²) in [6.07, 6.45) is 2.02. The third kappa shape index (κ3) is 4.58. The fourth-order valence-electron chi connectivity index (χ4n) is 2.18. The number of rotatable bonds is 6. The SMILES string of the molecule is CCCC(C)(C)NC(=O)c1ccc(OCC)c(C)c1. The summed E-state index contributed by atoms with van der Waals surface area (Å²) in [5, 5.41) is 3.07. The van der Waals surface area contributed by atoms with Crippen molar-refractivity contribution in [1.82, 2.24) is 5.32 Å². The maximum Gasteiger partial charge on any atom is 0.251 e. The summed E-state index contributed by atoms with van der Waals surface area (Å²) in [6.45, 7) is 10.8. The molecule has 0 fully saturated rings. The summed E-state index contributed by atoms with van der Waals surface area (Å²) >= 11 is 0. The summed E-state index contributed by atoms with van der Waals surface area (Å²) in [6, 6.07) is 5.55. The van der Waals surface area contributed by atoms with E-state index < -0.39 is 0 Å². The zero-order chi connectivity index (χ0) is 14.5. The average Bonchev–Trinajstić information content (AvgIpc) is 2.31. The molecule has 0 aromatic heterocycles. The molecule has 3 heteroatoms. The third-order valence-corrected chi connectivity index (χ3v) is 3.06. The van der Waals surface area contributed by atoms with Gasteiger partial charge in [-0.3, -0.25) is 4.79 Å². The predicted octanol–water partition coefficient (Wildman–Crippen LogP) is 3.70. The van der Waals surface area contributed by atoms with Crippen LogP contribution in [-0.2, 0) is 0 Å². The molecule has 106 valence electrons. The van der Waals surface area contributed by atoms with Crippen LogP contribution >= 0.6 is 0 Å². The minimum absolute atomic E-state index is 0.0235. The number of carbonyl (C=O) groups is 1. The van der Waals surface area contributed by atoms with E-state index in [4.69, 9.17) is 4.74 Å². The topological polar surface area (TPSA) is 38.3 Å². The molecule has 0 spiro atoms. The smallest absolute Gasteiger partial charge is 0.251 e. The van der Waals surface area contributed by atoms with Crippen LogP contribution in [0.1, 0.15) is 56.5 Å². The molecule has 0 saturated heterocycles. The minimum Gasteiger partial charge on any atom is -0.494 e. The highest BCUT2D eigenvalue weighted by Crippen LogP contribution is 2.20. The number of amides is 1. The second-order valence-corrected chi connectivity index (χ2v) is 5.50. The summed E-state index contributed by atoms with van der Waals surface area (Å²) in [7, 11) is 0. The van der Waals surface area contributed by atoms with Crippen LogP contribution in [-0.4, -0.2) is 18.1 Å². The van der Waals surface area contributed by atoms with E-state index in [-0.39, 0.29) is 11.4 Å². The first-order chi connectivity index (χ1) is 8.89. The highest BCUT2D eigenvalue weighted by atomic mass is 16.5. The van der Waals surface area contributed by atoms with Gasteiger partial charge >= 0.3 is 0 Å². The molecular weight excluding hydrogens is 238 g/mol. The standard InChI is InChI=1S/C16H25NO2/c1-6-10-16(4,5)17-15(18)13-8-9-14(19-7-2)12(3)11-13/h8-9,11H,6-7,10H2,1-5H3,(H,17,18). The van der Waals surface area contributed by atoms with E-state index in [0.29, 0.717) is 12.2 Å². The molecule has 0 bridgehead atoms. The third-order valence-electron chi connectivity index (χ3n) is 3.06. The van der Waals surface area contributed by atoms with Crippen LogP contribution in [0.3, 0.4) is 0 Å². The van der Waals surface area contributed by atoms with Crippen molar-refractivity contribution in [2.45, 2.75) is 53.0 Å². The van der Waals surface area contributed by atoms with Crippen molar-refractivity contribution in [2.75, 3.05) is 6.61 Å². The largest absolute Gasteiger partial charge is 0.494 e. The molecule has 1 rings (SSSR count). The fourth-order valence-corrected chi connectivity index (χ4v) is 2.18. The van der Waals surface area contributed by atoms with Gasteiger partial charge in [0.05, 0.1) is 6.61 Å². The van der Waals surface area contributed by atoms with Crippen molar-refractivity contribution >= 4 is 5.91 Å². The van der Waals surface area contributed by atoms with Gasteiger partial charge in [0.1, 0.15) is 5.75 Å². The van der Waals surface area contributed by atoms with Gasteiger partial charge in [-0.15, -0.1) is 0 Å². The lowest BCUT2D eigenvalue weighted by Crippen LogP contribution is -2.43. The van der Waals surface area contributed by atoms with Gasteiger partial charge in [-0.2, -0.15) is 0 Å². The first-order valence-corrected chi connectivity index (χ1v) is 6.95. The molecule has 1 aromatic rings. The van der Waals surface area contributed by atoms with E-state index in [1.54, 1.807) is 0 Å². The molecule has 0 aliphatic rings. The number of hydrogen-bond acceptors (Lipinski definition) is 2. The van der Waals surface area contributed by atoms with Crippen LogP contribution in [0.2, 0.25) is 0 Å². The second kappa shape index (κ2) is 6.60. The van der Waals surface area contributed by atoms with Crippen LogP contribution in [0.25, 0.3) is 0 Å². The van der Waals surface area contributed by atoms with Gasteiger partial charge in [-0.05, 0) is 57.9 Å². The summed E-state index contributed by atoms with van der Waals surface area (Å²) < 4.78 is 5.48. The zero-order valence-corrected chi connectivity index (χ0v) is 12.7. The Morgan fingerprint density at radius 1 is 1.32 bits per heavy atom. The van der Waals surface area contributed by atoms with Crippen molar-refractivity contribution in [3.8, 4) is 5.75 Å². The molecule has 0 aliphatic carbocycles. The summed E-state index contributed by atoms with van der Waals surface area (Å²) in [5.41, 5.74) is 1.51. The molecule has 1 aromatic carbocycles. The Labute approximate surface area is 116 Å². The highest BCUT2D eigenvalue weighted by Gasteiger charge is 2.20. The first kappa shape index (κ1) is 15.5. The van der Waals surface area contributed by atoms with Gasteiger partial charge in [-0.25, -0.2) is 0 Å². The molecule has 0 unspecified atom stereocenters. The maximum absolute atomic E-state index is 12.2. The number of aryl methyl sites for hydroxylation is 1. The number of benzene rings is 1. The van der Waals surface area contributed by atoms with Gasteiger partial charge < -0.3 is 10.1 Å². The highest BCUT2D eigenvalue weighted by molar-refractivity contribution is 5.95. The van der Waals surface area contributed by atoms with Gasteiger partial charge in [0.2, 0.25) is 0 Å². The van der Waals surface area contributed by atoms with Crippen LogP contribution in [0.5, 0.6) is 5.75 Å². The van der Waals surface area contributed by atoms with Crippen molar-refractivity contribution in [2.24, 2.45) is 0 Å². The lowest BCUT2D eigenvalue weighted by atomic mass is 9.98. The normalized spacial score (nSPS) is 11.2. The van der Waals surface area contributed by atoms with E-state index in [0.717, 1.165) is 24.2 Å². The molecule has 0 atom stereocenters. The second-order valence-electron chi connectivity index (χ2n) is 5.50. The Morgan fingerprint density at radius 3 is 2.53 bits per heavy atom. The average molecular weight is 263 g/mol. The van der Waals surface area contributed by atoms with E-state index >= 15 is 0 Å². The zero-order valence-electron chi connectivity index (χ0n) is 12.7. The molecule has 1 amide bonds. The van der Waals surface area contributed by atoms with Crippen molar-refractivity contribution < 1.29 is 9.53 Å². The van der Waals surface area contributed by atoms with E-state index in [1.165, 1.54) is 0 Å². The molecule has 1 N–H and O–H groups in total. The van der Waals surface area contributed by atoms with Crippen molar-refractivity contribution in [1.29, 1.82) is 0 Å². The Hall–Kier alpha value is -1.51. The van der Waals surface area contributed by atoms with Crippen molar-refractivity contribution in [3.63, 3.8) is 0 Å². The number of hydrogen-bond donors (Lipinski definition) is 1. The molecule has 0 heterocycles. The fraction of sp³-hybridized carbons (Fsp3) is 0.562. The van der Waals surface area contributed by atoms with Crippen LogP contribution in [0.4, 0.5) is 0 Å². The Bertz CT molecular complexity index is 438. The monoisotopic (exact) mass is 263 g/mol. The Kier molecular flexibility index (Phi) is 5.40.